The molecule has 3 nitrogen and oxygen atoms in total. The lowest BCUT2D eigenvalue weighted by Gasteiger charge is -2.11. The van der Waals surface area contributed by atoms with Crippen molar-refractivity contribution in [3.05, 3.63) is 29.1 Å². The molecule has 0 radical (unpaired) electrons. The second kappa shape index (κ2) is 3.33. The van der Waals surface area contributed by atoms with E-state index in [1.165, 1.54) is 0 Å². The number of hydrogen-bond donors (Lipinski definition) is 0. The third-order valence-electron chi connectivity index (χ3n) is 2.32. The summed E-state index contributed by atoms with van der Waals surface area (Å²) in [4.78, 5) is 19.1. The summed E-state index contributed by atoms with van der Waals surface area (Å²) >= 11 is 0. The van der Waals surface area contributed by atoms with Gasteiger partial charge in [0.1, 0.15) is 0 Å². The molecule has 2 rings (SSSR count). The van der Waals surface area contributed by atoms with Gasteiger partial charge >= 0.3 is 0 Å². The smallest absolute Gasteiger partial charge is 0.250 e. The largest absolute Gasteiger partial charge is 0.272 e. The van der Waals surface area contributed by atoms with E-state index in [1.807, 2.05) is 6.07 Å². The zero-order valence-corrected chi connectivity index (χ0v) is 8.32. The van der Waals surface area contributed by atoms with Gasteiger partial charge in [0.2, 0.25) is 5.91 Å². The van der Waals surface area contributed by atoms with Crippen LogP contribution in [0.2, 0.25) is 0 Å². The number of carbonyl (C=O) groups is 1. The second-order valence-corrected chi connectivity index (χ2v) is 3.79. The molecule has 0 aromatic carbocycles. The van der Waals surface area contributed by atoms with Gasteiger partial charge in [-0.05, 0) is 23.1 Å². The van der Waals surface area contributed by atoms with Crippen molar-refractivity contribution in [2.75, 3.05) is 0 Å². The van der Waals surface area contributed by atoms with Crippen LogP contribution in [0.4, 0.5) is 0 Å². The third-order valence-corrected chi connectivity index (χ3v) is 2.32. The average molecular weight is 188 g/mol. The Morgan fingerprint density at radius 2 is 2.21 bits per heavy atom. The maximum Gasteiger partial charge on any atom is 0.250 e. The molecule has 0 saturated heterocycles. The Balaban J connectivity index is 2.44. The van der Waals surface area contributed by atoms with Gasteiger partial charge in [0.05, 0.1) is 6.42 Å². The van der Waals surface area contributed by atoms with Crippen molar-refractivity contribution in [3.8, 4) is 0 Å². The molecule has 3 heteroatoms. The zero-order valence-electron chi connectivity index (χ0n) is 8.32. The van der Waals surface area contributed by atoms with Gasteiger partial charge in [-0.15, -0.1) is 0 Å². The summed E-state index contributed by atoms with van der Waals surface area (Å²) < 4.78 is 0. The first kappa shape index (κ1) is 9.06. The minimum Gasteiger partial charge on any atom is -0.272 e. The molecule has 0 spiro atoms. The first-order valence-corrected chi connectivity index (χ1v) is 4.72. The van der Waals surface area contributed by atoms with Gasteiger partial charge in [-0.3, -0.25) is 9.78 Å². The van der Waals surface area contributed by atoms with Crippen LogP contribution >= 0.6 is 0 Å². The average Bonchev–Trinajstić information content (AvgIpc) is 2.16. The first-order chi connectivity index (χ1) is 6.66. The van der Waals surface area contributed by atoms with Gasteiger partial charge in [0, 0.05) is 18.1 Å². The van der Waals surface area contributed by atoms with E-state index in [0.717, 1.165) is 16.8 Å². The topological polar surface area (TPSA) is 42.3 Å². The normalized spacial score (nSPS) is 14.6. The van der Waals surface area contributed by atoms with Gasteiger partial charge in [0.25, 0.3) is 0 Å². The molecular weight excluding hydrogens is 176 g/mol. The molecule has 0 atom stereocenters. The fourth-order valence-corrected chi connectivity index (χ4v) is 1.45. The molecule has 0 unspecified atom stereocenters. The van der Waals surface area contributed by atoms with E-state index < -0.39 is 0 Å². The minimum absolute atomic E-state index is 0.0865. The van der Waals surface area contributed by atoms with Crippen molar-refractivity contribution in [3.63, 3.8) is 0 Å². The SMILES string of the molecule is CC(C)c1cc2c(cn1)CC(=O)N=C2. The van der Waals surface area contributed by atoms with Crippen LogP contribution in [0.15, 0.2) is 17.3 Å². The number of amides is 1. The highest BCUT2D eigenvalue weighted by atomic mass is 16.1. The van der Waals surface area contributed by atoms with Crippen molar-refractivity contribution in [1.82, 2.24) is 4.98 Å². The van der Waals surface area contributed by atoms with Gasteiger partial charge in [-0.25, -0.2) is 4.99 Å². The summed E-state index contributed by atoms with van der Waals surface area (Å²) in [6, 6.07) is 2.01. The maximum atomic E-state index is 11.0. The maximum absolute atomic E-state index is 11.0. The molecule has 1 aromatic heterocycles. The molecule has 14 heavy (non-hydrogen) atoms. The van der Waals surface area contributed by atoms with Crippen LogP contribution in [-0.2, 0) is 11.2 Å². The number of aliphatic imine (C=N–C) groups is 1. The van der Waals surface area contributed by atoms with Crippen LogP contribution in [0.5, 0.6) is 0 Å². The van der Waals surface area contributed by atoms with Crippen LogP contribution in [0.3, 0.4) is 0 Å². The molecule has 1 aromatic rings. The Morgan fingerprint density at radius 3 is 2.93 bits per heavy atom. The predicted octanol–water partition coefficient (Wildman–Crippen LogP) is 1.71. The van der Waals surface area contributed by atoms with E-state index >= 15 is 0 Å². The summed E-state index contributed by atoms with van der Waals surface area (Å²) in [7, 11) is 0. The number of pyridine rings is 1. The molecule has 72 valence electrons. The summed E-state index contributed by atoms with van der Waals surface area (Å²) in [6.45, 7) is 4.19. The van der Waals surface area contributed by atoms with E-state index in [2.05, 4.69) is 23.8 Å². The van der Waals surface area contributed by atoms with Crippen molar-refractivity contribution < 1.29 is 4.79 Å². The van der Waals surface area contributed by atoms with E-state index in [1.54, 1.807) is 12.4 Å². The lowest BCUT2D eigenvalue weighted by atomic mass is 10.0. The highest BCUT2D eigenvalue weighted by Gasteiger charge is 2.13. The summed E-state index contributed by atoms with van der Waals surface area (Å²) in [5.41, 5.74) is 3.06. The monoisotopic (exact) mass is 188 g/mol. The van der Waals surface area contributed by atoms with Crippen LogP contribution in [0, 0.1) is 0 Å². The number of fused-ring (bicyclic) bond motifs is 1. The Morgan fingerprint density at radius 1 is 1.43 bits per heavy atom. The number of nitrogens with zero attached hydrogens (tertiary/aromatic N) is 2. The lowest BCUT2D eigenvalue weighted by molar-refractivity contribution is -0.117. The van der Waals surface area contributed by atoms with Crippen molar-refractivity contribution in [1.29, 1.82) is 0 Å². The Kier molecular flexibility index (Phi) is 2.15. The zero-order chi connectivity index (χ0) is 10.1. The molecule has 1 aliphatic rings. The number of carbonyl (C=O) groups excluding carboxylic acids is 1. The van der Waals surface area contributed by atoms with Crippen LogP contribution < -0.4 is 0 Å². The van der Waals surface area contributed by atoms with Crippen molar-refractivity contribution in [2.24, 2.45) is 4.99 Å². The Labute approximate surface area is 82.9 Å². The molecular formula is C11H12N2O. The van der Waals surface area contributed by atoms with E-state index in [0.29, 0.717) is 12.3 Å². The minimum atomic E-state index is -0.0865. The predicted molar refractivity (Wildman–Crippen MR) is 54.6 cm³/mol. The van der Waals surface area contributed by atoms with Gasteiger partial charge in [-0.1, -0.05) is 13.8 Å². The second-order valence-electron chi connectivity index (χ2n) is 3.79. The molecule has 0 N–H and O–H groups in total. The van der Waals surface area contributed by atoms with Gasteiger partial charge in [-0.2, -0.15) is 0 Å². The molecule has 0 aliphatic carbocycles. The molecule has 1 aliphatic heterocycles. The van der Waals surface area contributed by atoms with E-state index in [4.69, 9.17) is 0 Å². The molecule has 0 bridgehead atoms. The fourth-order valence-electron chi connectivity index (χ4n) is 1.45. The molecule has 1 amide bonds. The highest BCUT2D eigenvalue weighted by molar-refractivity contribution is 5.98. The van der Waals surface area contributed by atoms with Gasteiger partial charge in [0.15, 0.2) is 0 Å². The first-order valence-electron chi connectivity index (χ1n) is 4.72. The molecule has 0 saturated carbocycles. The number of aromatic nitrogens is 1. The molecule has 0 fully saturated rings. The van der Waals surface area contributed by atoms with E-state index in [9.17, 15) is 4.79 Å². The lowest BCUT2D eigenvalue weighted by Crippen LogP contribution is -2.10. The van der Waals surface area contributed by atoms with E-state index in [-0.39, 0.29) is 5.91 Å². The summed E-state index contributed by atoms with van der Waals surface area (Å²) in [5, 5.41) is 0. The van der Waals surface area contributed by atoms with Gasteiger partial charge < -0.3 is 0 Å². The Hall–Kier alpha value is -1.51. The summed E-state index contributed by atoms with van der Waals surface area (Å²) in [6.07, 6.45) is 3.81. The van der Waals surface area contributed by atoms with Crippen LogP contribution in [0.25, 0.3) is 0 Å². The number of hydrogen-bond acceptors (Lipinski definition) is 2. The third kappa shape index (κ3) is 1.58. The van der Waals surface area contributed by atoms with Crippen molar-refractivity contribution >= 4 is 12.1 Å². The standard InChI is InChI=1S/C11H12N2O/c1-7(2)10-3-8-6-13-11(14)4-9(8)5-12-10/h3,5-7H,4H2,1-2H3. The molecule has 2 heterocycles. The van der Waals surface area contributed by atoms with Crippen LogP contribution in [0.1, 0.15) is 36.6 Å². The quantitative estimate of drug-likeness (QED) is 0.673. The Bertz CT molecular complexity index is 408. The number of rotatable bonds is 1. The summed E-state index contributed by atoms with van der Waals surface area (Å²) in [5.74, 6) is 0.322. The fraction of sp³-hybridized carbons (Fsp3) is 0.364. The van der Waals surface area contributed by atoms with Crippen LogP contribution in [-0.4, -0.2) is 17.1 Å². The highest BCUT2D eigenvalue weighted by Crippen LogP contribution is 2.17. The van der Waals surface area contributed by atoms with Crippen molar-refractivity contribution in [2.45, 2.75) is 26.2 Å².